The summed E-state index contributed by atoms with van der Waals surface area (Å²) in [5.41, 5.74) is 0. The maximum atomic E-state index is 13.0. The van der Waals surface area contributed by atoms with E-state index in [2.05, 4.69) is 0 Å². The highest BCUT2D eigenvalue weighted by molar-refractivity contribution is 5.78. The lowest BCUT2D eigenvalue weighted by Gasteiger charge is -2.42. The Balaban J connectivity index is 0. The smallest absolute Gasteiger partial charge is 0.412 e. The van der Waals surface area contributed by atoms with Gasteiger partial charge in [-0.3, -0.25) is 4.79 Å². The topological polar surface area (TPSA) is 48.6 Å². The quantitative estimate of drug-likeness (QED) is 0.383. The van der Waals surface area contributed by atoms with Crippen LogP contribution in [0.5, 0.6) is 0 Å². The van der Waals surface area contributed by atoms with Crippen LogP contribution >= 0.6 is 0 Å². The molecule has 20 heteroatoms. The van der Waals surface area contributed by atoms with E-state index in [-0.39, 0.29) is 5.48 Å². The molecule has 0 aliphatic heterocycles. The van der Waals surface area contributed by atoms with Crippen molar-refractivity contribution in [2.24, 2.45) is 0 Å². The molecule has 2 nitrogen and oxygen atoms in total. The van der Waals surface area contributed by atoms with Gasteiger partial charge in [0.15, 0.2) is 0 Å². The van der Waals surface area contributed by atoms with Gasteiger partial charge in [-0.15, -0.1) is 0 Å². The minimum absolute atomic E-state index is 0. The van der Waals surface area contributed by atoms with Gasteiger partial charge in [-0.1, -0.05) is 0 Å². The third-order valence-corrected chi connectivity index (χ3v) is 2.97. The summed E-state index contributed by atoms with van der Waals surface area (Å²) in [6.45, 7) is 0. The standard InChI is InChI=1S/C9F18O.H2O/c10-1(28)2(11,12)3(13,14)4(15,16)5(17,18)6(19,20)7(21,22)8(23,24)9(25,26)27;/h;1H2. The van der Waals surface area contributed by atoms with Gasteiger partial charge in [0.25, 0.3) is 0 Å². The lowest BCUT2D eigenvalue weighted by Crippen LogP contribution is -2.74. The summed E-state index contributed by atoms with van der Waals surface area (Å²) in [5, 5.41) is 0. The maximum absolute atomic E-state index is 13.0. The van der Waals surface area contributed by atoms with Crippen molar-refractivity contribution in [2.75, 3.05) is 0 Å². The number of alkyl halides is 17. The largest absolute Gasteiger partial charge is 0.460 e. The van der Waals surface area contributed by atoms with E-state index < -0.39 is 53.7 Å². The Kier molecular flexibility index (Phi) is 7.10. The van der Waals surface area contributed by atoms with Gasteiger partial charge in [0.2, 0.25) is 0 Å². The molecule has 0 amide bonds. The van der Waals surface area contributed by atoms with E-state index in [1.54, 1.807) is 0 Å². The van der Waals surface area contributed by atoms with Crippen LogP contribution in [0.3, 0.4) is 0 Å². The monoisotopic (exact) mass is 484 g/mol. The van der Waals surface area contributed by atoms with Gasteiger partial charge in [0, 0.05) is 0 Å². The first-order valence-electron chi connectivity index (χ1n) is 5.61. The minimum Gasteiger partial charge on any atom is -0.412 e. The van der Waals surface area contributed by atoms with Crippen molar-refractivity contribution in [1.29, 1.82) is 0 Å². The normalized spacial score (nSPS) is 15.8. The second kappa shape index (κ2) is 6.96. The summed E-state index contributed by atoms with van der Waals surface area (Å²) >= 11 is 0. The second-order valence-electron chi connectivity index (χ2n) is 4.79. The highest BCUT2D eigenvalue weighted by Crippen LogP contribution is 2.63. The van der Waals surface area contributed by atoms with Gasteiger partial charge in [-0.05, 0) is 0 Å². The molecular formula is C9H2F18O2. The van der Waals surface area contributed by atoms with Crippen molar-refractivity contribution in [1.82, 2.24) is 0 Å². The number of hydrogen-bond donors (Lipinski definition) is 0. The van der Waals surface area contributed by atoms with Crippen LogP contribution in [-0.2, 0) is 4.79 Å². The molecule has 0 rings (SSSR count). The Labute approximate surface area is 144 Å². The summed E-state index contributed by atoms with van der Waals surface area (Å²) < 4.78 is 225. The summed E-state index contributed by atoms with van der Waals surface area (Å²) in [4.78, 5) is 9.54. The zero-order chi connectivity index (χ0) is 23.6. The lowest BCUT2D eigenvalue weighted by atomic mass is 9.89. The van der Waals surface area contributed by atoms with Crippen LogP contribution in [0.4, 0.5) is 79.0 Å². The third kappa shape index (κ3) is 3.45. The molecule has 0 aromatic rings. The molecule has 0 saturated heterocycles. The highest BCUT2D eigenvalue weighted by Gasteiger charge is 2.95. The molecule has 0 spiro atoms. The number of carbonyl (C=O) groups excluding carboxylic acids is 1. The molecule has 0 unspecified atom stereocenters. The SMILES string of the molecule is O.O=C(F)C(F)(F)C(F)(F)C(F)(F)C(F)(F)C(F)(F)C(F)(F)C(F)(F)C(F)(F)F. The van der Waals surface area contributed by atoms with E-state index in [1.165, 1.54) is 0 Å². The summed E-state index contributed by atoms with van der Waals surface area (Å²) in [7, 11) is 0. The van der Waals surface area contributed by atoms with Crippen LogP contribution < -0.4 is 0 Å². The van der Waals surface area contributed by atoms with Crippen molar-refractivity contribution in [2.45, 2.75) is 47.6 Å². The predicted octanol–water partition coefficient (Wildman–Crippen LogP) is 4.67. The van der Waals surface area contributed by atoms with E-state index in [9.17, 15) is 83.8 Å². The molecule has 2 N–H and O–H groups in total. The zero-order valence-electron chi connectivity index (χ0n) is 12.2. The minimum atomic E-state index is -8.82. The third-order valence-electron chi connectivity index (χ3n) is 2.97. The van der Waals surface area contributed by atoms with Crippen LogP contribution in [-0.4, -0.2) is 59.1 Å². The molecular weight excluding hydrogens is 482 g/mol. The van der Waals surface area contributed by atoms with Crippen molar-refractivity contribution >= 4 is 6.04 Å². The Morgan fingerprint density at radius 1 is 0.414 bits per heavy atom. The van der Waals surface area contributed by atoms with Crippen LogP contribution in [0.15, 0.2) is 0 Å². The van der Waals surface area contributed by atoms with Crippen molar-refractivity contribution in [3.8, 4) is 0 Å². The molecule has 176 valence electrons. The van der Waals surface area contributed by atoms with E-state index in [4.69, 9.17) is 0 Å². The van der Waals surface area contributed by atoms with E-state index in [1.807, 2.05) is 0 Å². The molecule has 0 atom stereocenters. The lowest BCUT2D eigenvalue weighted by molar-refractivity contribution is -0.459. The fourth-order valence-electron chi connectivity index (χ4n) is 1.29. The molecule has 0 aromatic carbocycles. The van der Waals surface area contributed by atoms with Crippen LogP contribution in [0.1, 0.15) is 0 Å². The van der Waals surface area contributed by atoms with Gasteiger partial charge in [-0.25, -0.2) is 0 Å². The molecule has 0 bridgehead atoms. The molecule has 0 aromatic heterocycles. The predicted molar refractivity (Wildman–Crippen MR) is 50.4 cm³/mol. The first kappa shape index (κ1) is 29.6. The van der Waals surface area contributed by atoms with Crippen molar-refractivity contribution in [3.63, 3.8) is 0 Å². The second-order valence-corrected chi connectivity index (χ2v) is 4.79. The number of rotatable bonds is 7. The molecule has 0 aliphatic carbocycles. The average molecular weight is 484 g/mol. The van der Waals surface area contributed by atoms with E-state index in [0.717, 1.165) is 0 Å². The molecule has 29 heavy (non-hydrogen) atoms. The molecule has 0 radical (unpaired) electrons. The van der Waals surface area contributed by atoms with E-state index in [0.29, 0.717) is 0 Å². The van der Waals surface area contributed by atoms with Gasteiger partial charge in [0.1, 0.15) is 0 Å². The Morgan fingerprint density at radius 2 is 0.621 bits per heavy atom. The van der Waals surface area contributed by atoms with Gasteiger partial charge >= 0.3 is 53.7 Å². The number of carbonyl (C=O) groups is 1. The Bertz CT molecular complexity index is 615. The van der Waals surface area contributed by atoms with Crippen LogP contribution in [0.2, 0.25) is 0 Å². The average Bonchev–Trinajstić information content (AvgIpc) is 2.44. The van der Waals surface area contributed by atoms with Crippen LogP contribution in [0, 0.1) is 0 Å². The van der Waals surface area contributed by atoms with Gasteiger partial charge in [-0.2, -0.15) is 79.0 Å². The maximum Gasteiger partial charge on any atom is 0.460 e. The summed E-state index contributed by atoms with van der Waals surface area (Å²) in [6.07, 6.45) is -7.85. The molecule has 0 heterocycles. The number of hydrogen-bond acceptors (Lipinski definition) is 1. The van der Waals surface area contributed by atoms with Crippen LogP contribution in [0.25, 0.3) is 0 Å². The summed E-state index contributed by atoms with van der Waals surface area (Å²) in [6, 6.07) is -4.89. The van der Waals surface area contributed by atoms with Gasteiger partial charge in [0.05, 0.1) is 0 Å². The zero-order valence-corrected chi connectivity index (χ0v) is 12.2. The van der Waals surface area contributed by atoms with E-state index >= 15 is 0 Å². The molecule has 0 saturated carbocycles. The van der Waals surface area contributed by atoms with Gasteiger partial charge < -0.3 is 5.48 Å². The molecule has 0 aliphatic rings. The summed E-state index contributed by atoms with van der Waals surface area (Å²) in [5.74, 6) is -59.1. The fourth-order valence-corrected chi connectivity index (χ4v) is 1.29. The molecule has 0 fully saturated rings. The Hall–Kier alpha value is -1.63. The first-order chi connectivity index (χ1) is 11.7. The van der Waals surface area contributed by atoms with Crippen molar-refractivity contribution in [3.05, 3.63) is 0 Å². The number of halogens is 18. The Morgan fingerprint density at radius 3 is 0.828 bits per heavy atom. The first-order valence-corrected chi connectivity index (χ1v) is 5.61. The highest BCUT2D eigenvalue weighted by atomic mass is 19.4. The van der Waals surface area contributed by atoms with Crippen molar-refractivity contribution < 1.29 is 89.3 Å². The fraction of sp³-hybridized carbons (Fsp3) is 0.889.